The van der Waals surface area contributed by atoms with Crippen LogP contribution in [0.5, 0.6) is 0 Å². The Hall–Kier alpha value is -1.68. The van der Waals surface area contributed by atoms with E-state index < -0.39 is 0 Å². The molecule has 18 heavy (non-hydrogen) atoms. The van der Waals surface area contributed by atoms with E-state index in [1.54, 1.807) is 0 Å². The first-order valence-electron chi connectivity index (χ1n) is 6.26. The van der Waals surface area contributed by atoms with Gasteiger partial charge in [-0.15, -0.1) is 0 Å². The second kappa shape index (κ2) is 5.78. The standard InChI is InChI=1S/C14H19N3O/c1-10-5-3-4-6-12(10)7-8-14-16-13(17-18-14)9-11(2)15/h3-6,11H,7-9,15H2,1-2H3. The van der Waals surface area contributed by atoms with E-state index in [9.17, 15) is 0 Å². The van der Waals surface area contributed by atoms with Crippen LogP contribution in [-0.2, 0) is 19.3 Å². The van der Waals surface area contributed by atoms with Gasteiger partial charge in [-0.3, -0.25) is 0 Å². The minimum Gasteiger partial charge on any atom is -0.339 e. The zero-order valence-corrected chi connectivity index (χ0v) is 10.9. The van der Waals surface area contributed by atoms with E-state index in [1.165, 1.54) is 11.1 Å². The van der Waals surface area contributed by atoms with Gasteiger partial charge >= 0.3 is 0 Å². The first kappa shape index (κ1) is 12.8. The predicted molar refractivity (Wildman–Crippen MR) is 70.2 cm³/mol. The molecule has 1 aromatic carbocycles. The van der Waals surface area contributed by atoms with Crippen LogP contribution in [0, 0.1) is 6.92 Å². The number of benzene rings is 1. The lowest BCUT2D eigenvalue weighted by atomic mass is 10.0. The maximum Gasteiger partial charge on any atom is 0.226 e. The molecule has 1 aromatic heterocycles. The van der Waals surface area contributed by atoms with E-state index in [0.29, 0.717) is 18.1 Å². The Kier molecular flexibility index (Phi) is 4.10. The van der Waals surface area contributed by atoms with Crippen molar-refractivity contribution in [2.24, 2.45) is 5.73 Å². The summed E-state index contributed by atoms with van der Waals surface area (Å²) in [7, 11) is 0. The Balaban J connectivity index is 1.94. The van der Waals surface area contributed by atoms with Crippen LogP contribution in [0.3, 0.4) is 0 Å². The molecule has 0 saturated carbocycles. The summed E-state index contributed by atoms with van der Waals surface area (Å²) in [4.78, 5) is 4.34. The minimum atomic E-state index is 0.0619. The first-order valence-corrected chi connectivity index (χ1v) is 6.26. The predicted octanol–water partition coefficient (Wildman–Crippen LogP) is 2.05. The van der Waals surface area contributed by atoms with Gasteiger partial charge in [0.1, 0.15) is 0 Å². The molecule has 0 saturated heterocycles. The summed E-state index contributed by atoms with van der Waals surface area (Å²) in [6.07, 6.45) is 2.36. The zero-order chi connectivity index (χ0) is 13.0. The van der Waals surface area contributed by atoms with Crippen LogP contribution in [0.2, 0.25) is 0 Å². The third kappa shape index (κ3) is 3.40. The zero-order valence-electron chi connectivity index (χ0n) is 10.9. The SMILES string of the molecule is Cc1ccccc1CCc1nc(CC(C)N)no1. The summed E-state index contributed by atoms with van der Waals surface area (Å²) in [6.45, 7) is 4.05. The molecule has 2 aromatic rings. The average molecular weight is 245 g/mol. The van der Waals surface area contributed by atoms with Gasteiger partial charge in [0.15, 0.2) is 5.82 Å². The highest BCUT2D eigenvalue weighted by molar-refractivity contribution is 5.25. The average Bonchev–Trinajstić information content (AvgIpc) is 2.75. The van der Waals surface area contributed by atoms with Crippen molar-refractivity contribution in [2.45, 2.75) is 39.2 Å². The second-order valence-corrected chi connectivity index (χ2v) is 4.71. The summed E-state index contributed by atoms with van der Waals surface area (Å²) >= 11 is 0. The maximum absolute atomic E-state index is 5.70. The van der Waals surface area contributed by atoms with Gasteiger partial charge in [0.2, 0.25) is 5.89 Å². The summed E-state index contributed by atoms with van der Waals surface area (Å²) in [5.74, 6) is 1.39. The van der Waals surface area contributed by atoms with Gasteiger partial charge in [0, 0.05) is 18.9 Å². The van der Waals surface area contributed by atoms with Gasteiger partial charge in [-0.1, -0.05) is 29.4 Å². The lowest BCUT2D eigenvalue weighted by molar-refractivity contribution is 0.372. The van der Waals surface area contributed by atoms with Crippen molar-refractivity contribution < 1.29 is 4.52 Å². The highest BCUT2D eigenvalue weighted by Crippen LogP contribution is 2.11. The lowest BCUT2D eigenvalue weighted by Crippen LogP contribution is -2.18. The molecule has 4 nitrogen and oxygen atoms in total. The molecule has 0 bridgehead atoms. The van der Waals surface area contributed by atoms with Gasteiger partial charge < -0.3 is 10.3 Å². The Morgan fingerprint density at radius 3 is 2.78 bits per heavy atom. The molecule has 1 heterocycles. The molecule has 0 amide bonds. The number of aryl methyl sites for hydroxylation is 3. The molecule has 0 aliphatic heterocycles. The van der Waals surface area contributed by atoms with E-state index >= 15 is 0 Å². The van der Waals surface area contributed by atoms with Crippen molar-refractivity contribution in [1.82, 2.24) is 10.1 Å². The minimum absolute atomic E-state index is 0.0619. The Labute approximate surface area is 107 Å². The van der Waals surface area contributed by atoms with Crippen LogP contribution >= 0.6 is 0 Å². The fourth-order valence-electron chi connectivity index (χ4n) is 1.89. The topological polar surface area (TPSA) is 64.9 Å². The number of nitrogens with zero attached hydrogens (tertiary/aromatic N) is 2. The molecule has 1 atom stereocenters. The third-order valence-corrected chi connectivity index (χ3v) is 2.88. The van der Waals surface area contributed by atoms with Gasteiger partial charge in [0.25, 0.3) is 0 Å². The Bertz CT molecular complexity index is 505. The van der Waals surface area contributed by atoms with Gasteiger partial charge in [-0.25, -0.2) is 0 Å². The number of rotatable bonds is 5. The molecule has 2 N–H and O–H groups in total. The van der Waals surface area contributed by atoms with Crippen molar-refractivity contribution in [2.75, 3.05) is 0 Å². The highest BCUT2D eigenvalue weighted by atomic mass is 16.5. The van der Waals surface area contributed by atoms with Gasteiger partial charge in [-0.2, -0.15) is 4.98 Å². The summed E-state index contributed by atoms with van der Waals surface area (Å²) in [6, 6.07) is 8.41. The molecule has 0 radical (unpaired) electrons. The molecule has 0 aliphatic carbocycles. The summed E-state index contributed by atoms with van der Waals surface area (Å²) in [5, 5.41) is 3.92. The first-order chi connectivity index (χ1) is 8.65. The van der Waals surface area contributed by atoms with E-state index in [1.807, 2.05) is 13.0 Å². The Morgan fingerprint density at radius 1 is 1.28 bits per heavy atom. The summed E-state index contributed by atoms with van der Waals surface area (Å²) < 4.78 is 5.21. The van der Waals surface area contributed by atoms with Crippen LogP contribution in [0.4, 0.5) is 0 Å². The molecule has 2 rings (SSSR count). The second-order valence-electron chi connectivity index (χ2n) is 4.71. The van der Waals surface area contributed by atoms with Crippen LogP contribution in [0.1, 0.15) is 29.8 Å². The van der Waals surface area contributed by atoms with Gasteiger partial charge in [-0.05, 0) is 31.4 Å². The molecular weight excluding hydrogens is 226 g/mol. The van der Waals surface area contributed by atoms with Crippen LogP contribution in [0.15, 0.2) is 28.8 Å². The quantitative estimate of drug-likeness (QED) is 0.875. The highest BCUT2D eigenvalue weighted by Gasteiger charge is 2.08. The van der Waals surface area contributed by atoms with Crippen molar-refractivity contribution in [3.8, 4) is 0 Å². The van der Waals surface area contributed by atoms with Crippen LogP contribution < -0.4 is 5.73 Å². The molecule has 0 fully saturated rings. The van der Waals surface area contributed by atoms with E-state index in [-0.39, 0.29) is 6.04 Å². The fraction of sp³-hybridized carbons (Fsp3) is 0.429. The van der Waals surface area contributed by atoms with E-state index in [0.717, 1.165) is 12.8 Å². The van der Waals surface area contributed by atoms with Crippen LogP contribution in [-0.4, -0.2) is 16.2 Å². The normalized spacial score (nSPS) is 12.6. The van der Waals surface area contributed by atoms with Crippen molar-refractivity contribution in [3.63, 3.8) is 0 Å². The molecule has 1 unspecified atom stereocenters. The molecule has 0 spiro atoms. The van der Waals surface area contributed by atoms with Gasteiger partial charge in [0.05, 0.1) is 0 Å². The van der Waals surface area contributed by atoms with Crippen molar-refractivity contribution in [1.29, 1.82) is 0 Å². The maximum atomic E-state index is 5.70. The number of aromatic nitrogens is 2. The largest absolute Gasteiger partial charge is 0.339 e. The summed E-state index contributed by atoms with van der Waals surface area (Å²) in [5.41, 5.74) is 8.32. The Morgan fingerprint density at radius 2 is 2.06 bits per heavy atom. The number of hydrogen-bond acceptors (Lipinski definition) is 4. The number of hydrogen-bond donors (Lipinski definition) is 1. The van der Waals surface area contributed by atoms with Crippen molar-refractivity contribution >= 4 is 0 Å². The van der Waals surface area contributed by atoms with E-state index in [2.05, 4.69) is 35.3 Å². The smallest absolute Gasteiger partial charge is 0.226 e. The fourth-order valence-corrected chi connectivity index (χ4v) is 1.89. The molecular formula is C14H19N3O. The molecule has 4 heteroatoms. The van der Waals surface area contributed by atoms with Crippen molar-refractivity contribution in [3.05, 3.63) is 47.1 Å². The molecule has 0 aliphatic rings. The molecule has 96 valence electrons. The van der Waals surface area contributed by atoms with E-state index in [4.69, 9.17) is 10.3 Å². The lowest BCUT2D eigenvalue weighted by Gasteiger charge is -2.02. The third-order valence-electron chi connectivity index (χ3n) is 2.88. The monoisotopic (exact) mass is 245 g/mol. The van der Waals surface area contributed by atoms with Crippen LogP contribution in [0.25, 0.3) is 0 Å². The number of nitrogens with two attached hydrogens (primary N) is 1.